The number of aromatic nitrogens is 3. The molecule has 0 saturated carbocycles. The molecule has 4 rings (SSSR count). The first-order valence-electron chi connectivity index (χ1n) is 8.72. The lowest BCUT2D eigenvalue weighted by Gasteiger charge is -2.18. The van der Waals surface area contributed by atoms with Crippen molar-refractivity contribution < 1.29 is 9.59 Å². The Morgan fingerprint density at radius 2 is 2.24 bits per heavy atom. The number of aryl methyl sites for hydroxylation is 1. The number of pyridine rings is 1. The van der Waals surface area contributed by atoms with E-state index in [1.54, 1.807) is 23.5 Å². The number of hydrogen-bond acceptors (Lipinski definition) is 4. The van der Waals surface area contributed by atoms with Crippen molar-refractivity contribution in [3.05, 3.63) is 42.1 Å². The summed E-state index contributed by atoms with van der Waals surface area (Å²) in [5.41, 5.74) is 0.974. The van der Waals surface area contributed by atoms with Crippen molar-refractivity contribution in [1.82, 2.24) is 19.4 Å². The summed E-state index contributed by atoms with van der Waals surface area (Å²) in [5.74, 6) is 1.37. The predicted octanol–water partition coefficient (Wildman–Crippen LogP) is 1.60. The standard InChI is InChI=1S/C18H21N5O2/c24-17-8-14(12-22(17)11-13-4-3-6-19-9-13)18(25)21-16-10-20-15-5-1-2-7-23(15)16/h3-4,6,9-10,14H,1-2,5,7-8,11-12H2,(H,21,25)/t14-/m1/s1. The molecule has 2 aliphatic rings. The number of nitrogens with one attached hydrogen (secondary N) is 1. The summed E-state index contributed by atoms with van der Waals surface area (Å²) in [6, 6.07) is 3.79. The van der Waals surface area contributed by atoms with E-state index in [-0.39, 0.29) is 24.2 Å². The molecule has 2 aromatic heterocycles. The molecule has 1 N–H and O–H groups in total. The highest BCUT2D eigenvalue weighted by atomic mass is 16.2. The SMILES string of the molecule is O=C(Nc1cnc2n1CCCC2)[C@@H]1CC(=O)N(Cc2cccnc2)C1. The van der Waals surface area contributed by atoms with Crippen LogP contribution in [0.25, 0.3) is 0 Å². The monoisotopic (exact) mass is 339 g/mol. The second kappa shape index (κ2) is 6.66. The lowest BCUT2D eigenvalue weighted by Crippen LogP contribution is -2.28. The van der Waals surface area contributed by atoms with E-state index < -0.39 is 0 Å². The zero-order chi connectivity index (χ0) is 17.2. The molecule has 2 aliphatic heterocycles. The van der Waals surface area contributed by atoms with E-state index in [1.807, 2.05) is 12.1 Å². The number of carbonyl (C=O) groups excluding carboxylic acids is 2. The molecule has 0 bridgehead atoms. The lowest BCUT2D eigenvalue weighted by molar-refractivity contribution is -0.128. The molecular formula is C18H21N5O2. The third-order valence-electron chi connectivity index (χ3n) is 4.90. The van der Waals surface area contributed by atoms with Gasteiger partial charge in [0.05, 0.1) is 12.1 Å². The van der Waals surface area contributed by atoms with Crippen LogP contribution in [0.1, 0.15) is 30.7 Å². The van der Waals surface area contributed by atoms with Gasteiger partial charge in [-0.2, -0.15) is 0 Å². The van der Waals surface area contributed by atoms with Gasteiger partial charge in [0.15, 0.2) is 0 Å². The molecule has 7 nitrogen and oxygen atoms in total. The van der Waals surface area contributed by atoms with Crippen LogP contribution in [-0.2, 0) is 29.1 Å². The fourth-order valence-corrected chi connectivity index (χ4v) is 3.56. The molecule has 130 valence electrons. The van der Waals surface area contributed by atoms with Crippen LogP contribution >= 0.6 is 0 Å². The Hall–Kier alpha value is -2.70. The highest BCUT2D eigenvalue weighted by Crippen LogP contribution is 2.24. The van der Waals surface area contributed by atoms with E-state index in [1.165, 1.54) is 0 Å². The van der Waals surface area contributed by atoms with Gasteiger partial charge in [0.2, 0.25) is 11.8 Å². The van der Waals surface area contributed by atoms with Crippen molar-refractivity contribution in [2.45, 2.75) is 38.8 Å². The van der Waals surface area contributed by atoms with E-state index in [0.717, 1.165) is 43.0 Å². The van der Waals surface area contributed by atoms with Crippen molar-refractivity contribution in [1.29, 1.82) is 0 Å². The number of amides is 2. The van der Waals surface area contributed by atoms with Crippen molar-refractivity contribution in [2.24, 2.45) is 5.92 Å². The minimum Gasteiger partial charge on any atom is -0.337 e. The highest BCUT2D eigenvalue weighted by molar-refractivity contribution is 5.96. The molecule has 0 unspecified atom stereocenters. The maximum atomic E-state index is 12.6. The molecule has 0 radical (unpaired) electrons. The third kappa shape index (κ3) is 3.26. The second-order valence-corrected chi connectivity index (χ2v) is 6.69. The Morgan fingerprint density at radius 1 is 1.32 bits per heavy atom. The van der Waals surface area contributed by atoms with Gasteiger partial charge in [0.25, 0.3) is 0 Å². The second-order valence-electron chi connectivity index (χ2n) is 6.69. The van der Waals surface area contributed by atoms with E-state index >= 15 is 0 Å². The molecule has 1 saturated heterocycles. The molecule has 2 aromatic rings. The van der Waals surface area contributed by atoms with Crippen molar-refractivity contribution >= 4 is 17.6 Å². The Balaban J connectivity index is 1.40. The van der Waals surface area contributed by atoms with Gasteiger partial charge in [-0.05, 0) is 24.5 Å². The molecule has 2 amide bonds. The van der Waals surface area contributed by atoms with Crippen LogP contribution in [0.3, 0.4) is 0 Å². The van der Waals surface area contributed by atoms with E-state index in [4.69, 9.17) is 0 Å². The zero-order valence-electron chi connectivity index (χ0n) is 14.0. The van der Waals surface area contributed by atoms with Gasteiger partial charge in [-0.15, -0.1) is 0 Å². The number of rotatable bonds is 4. The third-order valence-corrected chi connectivity index (χ3v) is 4.90. The summed E-state index contributed by atoms with van der Waals surface area (Å²) < 4.78 is 2.07. The van der Waals surface area contributed by atoms with Crippen LogP contribution in [0.15, 0.2) is 30.7 Å². The quantitative estimate of drug-likeness (QED) is 0.917. The summed E-state index contributed by atoms with van der Waals surface area (Å²) in [6.45, 7) is 1.83. The fourth-order valence-electron chi connectivity index (χ4n) is 3.56. The molecular weight excluding hydrogens is 318 g/mol. The molecule has 0 aromatic carbocycles. The lowest BCUT2D eigenvalue weighted by atomic mass is 10.1. The Kier molecular flexibility index (Phi) is 4.21. The summed E-state index contributed by atoms with van der Waals surface area (Å²) in [7, 11) is 0. The van der Waals surface area contributed by atoms with Gasteiger partial charge in [0, 0.05) is 44.9 Å². The van der Waals surface area contributed by atoms with Crippen LogP contribution in [0.2, 0.25) is 0 Å². The molecule has 0 spiro atoms. The largest absolute Gasteiger partial charge is 0.337 e. The van der Waals surface area contributed by atoms with Gasteiger partial charge < -0.3 is 14.8 Å². The predicted molar refractivity (Wildman–Crippen MR) is 91.6 cm³/mol. The maximum Gasteiger partial charge on any atom is 0.230 e. The van der Waals surface area contributed by atoms with Gasteiger partial charge in [0.1, 0.15) is 11.6 Å². The average molecular weight is 339 g/mol. The zero-order valence-corrected chi connectivity index (χ0v) is 14.0. The average Bonchev–Trinajstić information content (AvgIpc) is 3.20. The highest BCUT2D eigenvalue weighted by Gasteiger charge is 2.34. The van der Waals surface area contributed by atoms with Crippen LogP contribution in [0.4, 0.5) is 5.82 Å². The van der Waals surface area contributed by atoms with Crippen molar-refractivity contribution in [3.8, 4) is 0 Å². The number of anilines is 1. The summed E-state index contributed by atoms with van der Waals surface area (Å²) in [6.07, 6.45) is 8.64. The van der Waals surface area contributed by atoms with Crippen LogP contribution in [0, 0.1) is 5.92 Å². The smallest absolute Gasteiger partial charge is 0.230 e. The topological polar surface area (TPSA) is 80.1 Å². The molecule has 1 fully saturated rings. The van der Waals surface area contributed by atoms with Crippen LogP contribution in [-0.4, -0.2) is 37.8 Å². The number of fused-ring (bicyclic) bond motifs is 1. The minimum absolute atomic E-state index is 0.0133. The number of hydrogen-bond donors (Lipinski definition) is 1. The Labute approximate surface area is 146 Å². The first-order valence-corrected chi connectivity index (χ1v) is 8.72. The maximum absolute atomic E-state index is 12.6. The molecule has 7 heteroatoms. The Morgan fingerprint density at radius 3 is 3.08 bits per heavy atom. The van der Waals surface area contributed by atoms with Crippen molar-refractivity contribution in [3.63, 3.8) is 0 Å². The first-order chi connectivity index (χ1) is 12.2. The van der Waals surface area contributed by atoms with Crippen molar-refractivity contribution in [2.75, 3.05) is 11.9 Å². The normalized spacial score (nSPS) is 19.8. The van der Waals surface area contributed by atoms with Crippen LogP contribution in [0.5, 0.6) is 0 Å². The number of likely N-dealkylation sites (tertiary alicyclic amines) is 1. The summed E-state index contributed by atoms with van der Waals surface area (Å²) in [4.78, 5) is 35.0. The molecule has 1 atom stereocenters. The molecule has 0 aliphatic carbocycles. The number of nitrogens with zero attached hydrogens (tertiary/aromatic N) is 4. The van der Waals surface area contributed by atoms with Gasteiger partial charge in [-0.3, -0.25) is 14.6 Å². The number of carbonyl (C=O) groups is 2. The molecule has 4 heterocycles. The van der Waals surface area contributed by atoms with Gasteiger partial charge in [-0.25, -0.2) is 4.98 Å². The molecule has 25 heavy (non-hydrogen) atoms. The van der Waals surface area contributed by atoms with E-state index in [0.29, 0.717) is 13.1 Å². The van der Waals surface area contributed by atoms with Crippen LogP contribution < -0.4 is 5.32 Å². The van der Waals surface area contributed by atoms with Gasteiger partial charge in [-0.1, -0.05) is 6.07 Å². The van der Waals surface area contributed by atoms with E-state index in [2.05, 4.69) is 19.9 Å². The summed E-state index contributed by atoms with van der Waals surface area (Å²) >= 11 is 0. The van der Waals surface area contributed by atoms with E-state index in [9.17, 15) is 9.59 Å². The first kappa shape index (κ1) is 15.8. The fraction of sp³-hybridized carbons (Fsp3) is 0.444. The Bertz CT molecular complexity index is 786. The van der Waals surface area contributed by atoms with Gasteiger partial charge >= 0.3 is 0 Å². The minimum atomic E-state index is -0.320. The number of imidazole rings is 1. The summed E-state index contributed by atoms with van der Waals surface area (Å²) in [5, 5.41) is 2.97.